The second-order valence-corrected chi connectivity index (χ2v) is 12.4. The normalized spacial score (nSPS) is 12.7. The number of hydrogen-bond acceptors (Lipinski definition) is 8. The van der Waals surface area contributed by atoms with Crippen LogP contribution in [0.4, 0.5) is 17.1 Å². The van der Waals surface area contributed by atoms with E-state index in [2.05, 4.69) is 47.8 Å². The van der Waals surface area contributed by atoms with Gasteiger partial charge in [0, 0.05) is 31.7 Å². The molecule has 1 aromatic carbocycles. The van der Waals surface area contributed by atoms with Gasteiger partial charge in [-0.25, -0.2) is 4.79 Å². The average Bonchev–Trinajstić information content (AvgIpc) is 3.06. The lowest BCUT2D eigenvalue weighted by atomic mass is 9.95. The lowest BCUT2D eigenvalue weighted by molar-refractivity contribution is 0.0524. The highest BCUT2D eigenvalue weighted by Gasteiger charge is 2.28. The number of amides is 1. The Kier molecular flexibility index (Phi) is 17.8. The SMILES string of the molecule is CCCCC(CC)CN(CC(CC)CCCC)C(=O)c1ccc(/N=N/c2c(O)[nH]c(=O)c(C(=O)OCC)c2N(CCC)CCC)cc1. The third-order valence-electron chi connectivity index (χ3n) is 8.64. The molecule has 1 amide bonds. The summed E-state index contributed by atoms with van der Waals surface area (Å²) in [5.41, 5.74) is 0.269. The first-order chi connectivity index (χ1) is 22.7. The number of pyridine rings is 1. The predicted molar refractivity (Wildman–Crippen MR) is 191 cm³/mol. The molecule has 2 unspecified atom stereocenters. The number of nitrogens with one attached hydrogen (secondary N) is 1. The largest absolute Gasteiger partial charge is 0.493 e. The number of nitrogens with zero attached hydrogens (tertiary/aromatic N) is 4. The maximum Gasteiger partial charge on any atom is 0.346 e. The summed E-state index contributed by atoms with van der Waals surface area (Å²) < 4.78 is 5.19. The molecular weight excluding hydrogens is 594 g/mol. The molecule has 262 valence electrons. The fourth-order valence-electron chi connectivity index (χ4n) is 5.90. The fourth-order valence-corrected chi connectivity index (χ4v) is 5.90. The number of anilines is 1. The second kappa shape index (κ2) is 21.2. The van der Waals surface area contributed by atoms with E-state index in [0.29, 0.717) is 36.2 Å². The van der Waals surface area contributed by atoms with Gasteiger partial charge in [0.1, 0.15) is 0 Å². The number of benzene rings is 1. The number of esters is 1. The molecule has 2 rings (SSSR count). The molecule has 0 saturated carbocycles. The number of aromatic amines is 1. The number of carbonyl (C=O) groups is 2. The zero-order chi connectivity index (χ0) is 34.8. The minimum absolute atomic E-state index is 0.0174. The van der Waals surface area contributed by atoms with E-state index in [0.717, 1.165) is 77.3 Å². The van der Waals surface area contributed by atoms with Crippen LogP contribution in [0.5, 0.6) is 5.88 Å². The van der Waals surface area contributed by atoms with Crippen LogP contribution in [0.1, 0.15) is 133 Å². The van der Waals surface area contributed by atoms with Crippen LogP contribution in [0.2, 0.25) is 0 Å². The Labute approximate surface area is 282 Å². The Morgan fingerprint density at radius 1 is 0.830 bits per heavy atom. The third-order valence-corrected chi connectivity index (χ3v) is 8.64. The zero-order valence-corrected chi connectivity index (χ0v) is 29.9. The Bertz CT molecular complexity index is 1300. The molecular formula is C37H59N5O5. The summed E-state index contributed by atoms with van der Waals surface area (Å²) in [6.07, 6.45) is 10.4. The standard InChI is InChI=1S/C37H59N5O5/c1-8-15-17-27(12-5)25-42(26-28(13-6)18-16-9-2)36(45)29-19-21-30(22-20-29)39-40-32-33(41(23-10-3)24-11-4)31(37(46)47-14-7)34(43)38-35(32)44/h19-22,27-28H,8-18,23-26H2,1-7H3,(H2,38,43,44)/b40-39+. The first kappa shape index (κ1) is 39.5. The number of H-pyrrole nitrogens is 1. The second-order valence-electron chi connectivity index (χ2n) is 12.4. The van der Waals surface area contributed by atoms with Gasteiger partial charge in [-0.15, -0.1) is 5.11 Å². The Hall–Kier alpha value is -3.69. The lowest BCUT2D eigenvalue weighted by Gasteiger charge is -2.31. The third kappa shape index (κ3) is 11.8. The summed E-state index contributed by atoms with van der Waals surface area (Å²) in [4.78, 5) is 46.0. The van der Waals surface area contributed by atoms with Crippen LogP contribution in [-0.2, 0) is 4.74 Å². The van der Waals surface area contributed by atoms with E-state index in [1.165, 1.54) is 0 Å². The summed E-state index contributed by atoms with van der Waals surface area (Å²) in [6, 6.07) is 6.98. The van der Waals surface area contributed by atoms with Gasteiger partial charge < -0.3 is 19.6 Å². The summed E-state index contributed by atoms with van der Waals surface area (Å²) in [5.74, 6) is -0.315. The maximum absolute atomic E-state index is 13.9. The van der Waals surface area contributed by atoms with Gasteiger partial charge in [-0.3, -0.25) is 14.6 Å². The summed E-state index contributed by atoms with van der Waals surface area (Å²) in [5, 5.41) is 19.5. The minimum Gasteiger partial charge on any atom is -0.493 e. The topological polar surface area (TPSA) is 128 Å². The zero-order valence-electron chi connectivity index (χ0n) is 29.9. The van der Waals surface area contributed by atoms with E-state index in [-0.39, 0.29) is 29.5 Å². The van der Waals surface area contributed by atoms with Crippen LogP contribution in [0, 0.1) is 11.8 Å². The average molecular weight is 654 g/mol. The van der Waals surface area contributed by atoms with Gasteiger partial charge in [0.2, 0.25) is 5.88 Å². The van der Waals surface area contributed by atoms with E-state index in [1.807, 2.05) is 18.7 Å². The number of azo groups is 1. The quantitative estimate of drug-likeness (QED) is 0.0963. The first-order valence-corrected chi connectivity index (χ1v) is 17.9. The highest BCUT2D eigenvalue weighted by atomic mass is 16.5. The van der Waals surface area contributed by atoms with Crippen molar-refractivity contribution >= 4 is 28.9 Å². The molecule has 0 spiro atoms. The monoisotopic (exact) mass is 653 g/mol. The molecule has 1 aromatic heterocycles. The van der Waals surface area contributed by atoms with Crippen LogP contribution in [0.3, 0.4) is 0 Å². The molecule has 2 aromatic rings. The molecule has 10 nitrogen and oxygen atoms in total. The molecule has 1 heterocycles. The smallest absolute Gasteiger partial charge is 0.346 e. The van der Waals surface area contributed by atoms with E-state index in [4.69, 9.17) is 4.74 Å². The molecule has 0 fully saturated rings. The summed E-state index contributed by atoms with van der Waals surface area (Å²) in [7, 11) is 0. The predicted octanol–water partition coefficient (Wildman–Crippen LogP) is 9.17. The van der Waals surface area contributed by atoms with Crippen molar-refractivity contribution in [3.8, 4) is 5.88 Å². The molecule has 0 aliphatic rings. The van der Waals surface area contributed by atoms with Gasteiger partial charge in [-0.1, -0.05) is 80.1 Å². The molecule has 0 aliphatic heterocycles. The summed E-state index contributed by atoms with van der Waals surface area (Å²) >= 11 is 0. The van der Waals surface area contributed by atoms with Gasteiger partial charge >= 0.3 is 5.97 Å². The van der Waals surface area contributed by atoms with Gasteiger partial charge in [-0.2, -0.15) is 5.11 Å². The van der Waals surface area contributed by atoms with Crippen molar-refractivity contribution in [3.63, 3.8) is 0 Å². The van der Waals surface area contributed by atoms with Crippen molar-refractivity contribution in [3.05, 3.63) is 45.7 Å². The summed E-state index contributed by atoms with van der Waals surface area (Å²) in [6.45, 7) is 17.2. The number of aromatic hydroxyl groups is 1. The first-order valence-electron chi connectivity index (χ1n) is 17.9. The molecule has 2 atom stereocenters. The molecule has 10 heteroatoms. The van der Waals surface area contributed by atoms with E-state index < -0.39 is 17.4 Å². The van der Waals surface area contributed by atoms with E-state index in [1.54, 1.807) is 31.2 Å². The van der Waals surface area contributed by atoms with Crippen LogP contribution in [-0.4, -0.2) is 59.7 Å². The van der Waals surface area contributed by atoms with Crippen LogP contribution < -0.4 is 10.5 Å². The highest BCUT2D eigenvalue weighted by molar-refractivity contribution is 5.99. The Morgan fingerprint density at radius 3 is 1.85 bits per heavy atom. The van der Waals surface area contributed by atoms with Crippen molar-refractivity contribution < 1.29 is 19.4 Å². The Balaban J connectivity index is 2.47. The van der Waals surface area contributed by atoms with Crippen molar-refractivity contribution in [1.29, 1.82) is 0 Å². The van der Waals surface area contributed by atoms with Gasteiger partial charge in [0.15, 0.2) is 11.3 Å². The van der Waals surface area contributed by atoms with Crippen LogP contribution in [0.15, 0.2) is 39.3 Å². The van der Waals surface area contributed by atoms with Crippen molar-refractivity contribution in [2.24, 2.45) is 22.1 Å². The van der Waals surface area contributed by atoms with E-state index >= 15 is 0 Å². The minimum atomic E-state index is -0.787. The number of hydrogen-bond donors (Lipinski definition) is 2. The molecule has 0 aliphatic carbocycles. The maximum atomic E-state index is 13.9. The number of rotatable bonds is 22. The molecule has 2 N–H and O–H groups in total. The van der Waals surface area contributed by atoms with Gasteiger partial charge in [0.25, 0.3) is 11.5 Å². The highest BCUT2D eigenvalue weighted by Crippen LogP contribution is 2.39. The van der Waals surface area contributed by atoms with Crippen LogP contribution >= 0.6 is 0 Å². The fraction of sp³-hybridized carbons (Fsp3) is 0.649. The molecule has 0 radical (unpaired) electrons. The van der Waals surface area contributed by atoms with Crippen molar-refractivity contribution in [2.75, 3.05) is 37.7 Å². The number of unbranched alkanes of at least 4 members (excludes halogenated alkanes) is 2. The van der Waals surface area contributed by atoms with Crippen molar-refractivity contribution in [1.82, 2.24) is 9.88 Å². The van der Waals surface area contributed by atoms with Gasteiger partial charge in [-0.05, 0) is 68.7 Å². The molecule has 0 bridgehead atoms. The number of aromatic nitrogens is 1. The number of carbonyl (C=O) groups excluding carboxylic acids is 2. The van der Waals surface area contributed by atoms with Gasteiger partial charge in [0.05, 0.1) is 18.0 Å². The van der Waals surface area contributed by atoms with E-state index in [9.17, 15) is 19.5 Å². The lowest BCUT2D eigenvalue weighted by Crippen LogP contribution is -2.39. The Morgan fingerprint density at radius 2 is 1.38 bits per heavy atom. The molecule has 0 saturated heterocycles. The number of ether oxygens (including phenoxy) is 1. The molecule has 47 heavy (non-hydrogen) atoms. The van der Waals surface area contributed by atoms with Crippen molar-refractivity contribution in [2.45, 2.75) is 113 Å². The van der Waals surface area contributed by atoms with Crippen LogP contribution in [0.25, 0.3) is 0 Å².